The molecule has 13 heavy (non-hydrogen) atoms. The first kappa shape index (κ1) is 8.23. The van der Waals surface area contributed by atoms with E-state index in [9.17, 15) is 9.59 Å². The lowest BCUT2D eigenvalue weighted by Gasteiger charge is -2.17. The molecule has 1 aliphatic rings. The lowest BCUT2D eigenvalue weighted by Crippen LogP contribution is -2.25. The summed E-state index contributed by atoms with van der Waals surface area (Å²) >= 11 is 0. The van der Waals surface area contributed by atoms with Crippen molar-refractivity contribution in [2.75, 3.05) is 0 Å². The maximum Gasteiger partial charge on any atom is 0.189 e. The number of fused-ring (bicyclic) bond motifs is 1. The predicted molar refractivity (Wildman–Crippen MR) is 47.6 cm³/mol. The summed E-state index contributed by atoms with van der Waals surface area (Å²) in [6.07, 6.45) is 4.14. The zero-order chi connectivity index (χ0) is 9.42. The number of hydrogen-bond acceptors (Lipinski definition) is 2. The van der Waals surface area contributed by atoms with Crippen molar-refractivity contribution in [3.05, 3.63) is 23.5 Å². The van der Waals surface area contributed by atoms with Crippen molar-refractivity contribution >= 4 is 12.1 Å². The molecule has 0 spiro atoms. The second-order valence-corrected chi connectivity index (χ2v) is 3.45. The fourth-order valence-electron chi connectivity index (χ4n) is 1.86. The number of ketones is 1. The molecule has 1 aromatic heterocycles. The van der Waals surface area contributed by atoms with Crippen LogP contribution in [0.15, 0.2) is 12.3 Å². The van der Waals surface area contributed by atoms with Gasteiger partial charge in [-0.3, -0.25) is 4.79 Å². The lowest BCUT2D eigenvalue weighted by atomic mass is 9.88. The van der Waals surface area contributed by atoms with Crippen LogP contribution < -0.4 is 0 Å². The smallest absolute Gasteiger partial charge is 0.189 e. The molecule has 0 fully saturated rings. The molecule has 3 heteroatoms. The Morgan fingerprint density at radius 1 is 1.62 bits per heavy atom. The molecular weight excluding hydrogens is 166 g/mol. The van der Waals surface area contributed by atoms with Gasteiger partial charge in [-0.25, -0.2) is 0 Å². The van der Waals surface area contributed by atoms with E-state index in [0.717, 1.165) is 18.3 Å². The van der Waals surface area contributed by atoms with Crippen LogP contribution in [0.1, 0.15) is 22.5 Å². The highest BCUT2D eigenvalue weighted by molar-refractivity contribution is 6.06. The van der Waals surface area contributed by atoms with Crippen molar-refractivity contribution in [1.82, 2.24) is 4.57 Å². The largest absolute Gasteiger partial charge is 0.348 e. The molecule has 1 aliphatic carbocycles. The number of carbonyl (C=O) groups excluding carboxylic acids is 2. The minimum absolute atomic E-state index is 0.0243. The number of rotatable bonds is 1. The Kier molecular flexibility index (Phi) is 1.79. The summed E-state index contributed by atoms with van der Waals surface area (Å²) in [5.74, 6) is -0.440. The standard InChI is InChI=1S/C10H11NO2/c1-11-5-4-7-2-3-8(6-12)10(13)9(7)11/h4-6,8H,2-3H2,1H3/t8-/m1/s1. The number of hydrogen-bond donors (Lipinski definition) is 0. The molecule has 0 aliphatic heterocycles. The molecule has 0 bridgehead atoms. The molecule has 1 aromatic rings. The maximum atomic E-state index is 11.7. The van der Waals surface area contributed by atoms with Gasteiger partial charge in [0, 0.05) is 13.2 Å². The van der Waals surface area contributed by atoms with E-state index < -0.39 is 5.92 Å². The van der Waals surface area contributed by atoms with Crippen LogP contribution in [0.25, 0.3) is 0 Å². The number of aldehydes is 1. The molecule has 3 nitrogen and oxygen atoms in total. The van der Waals surface area contributed by atoms with Crippen LogP contribution in [0.4, 0.5) is 0 Å². The average molecular weight is 177 g/mol. The van der Waals surface area contributed by atoms with E-state index in [4.69, 9.17) is 0 Å². The average Bonchev–Trinajstić information content (AvgIpc) is 2.49. The Morgan fingerprint density at radius 3 is 3.08 bits per heavy atom. The number of aromatic nitrogens is 1. The highest BCUT2D eigenvalue weighted by Gasteiger charge is 2.28. The van der Waals surface area contributed by atoms with Crippen LogP contribution in [-0.2, 0) is 18.3 Å². The van der Waals surface area contributed by atoms with Gasteiger partial charge in [0.15, 0.2) is 5.78 Å². The first-order valence-corrected chi connectivity index (χ1v) is 4.37. The van der Waals surface area contributed by atoms with Gasteiger partial charge in [0.05, 0.1) is 11.6 Å². The fraction of sp³-hybridized carbons (Fsp3) is 0.400. The second-order valence-electron chi connectivity index (χ2n) is 3.45. The van der Waals surface area contributed by atoms with Crippen LogP contribution in [-0.4, -0.2) is 16.6 Å². The molecule has 1 atom stereocenters. The zero-order valence-electron chi connectivity index (χ0n) is 7.49. The Balaban J connectivity index is 2.48. The number of carbonyl (C=O) groups is 2. The summed E-state index contributed by atoms with van der Waals surface area (Å²) in [6, 6.07) is 1.95. The number of Topliss-reactive ketones (excluding diaryl/α,β-unsaturated/α-hetero) is 1. The van der Waals surface area contributed by atoms with Gasteiger partial charge >= 0.3 is 0 Å². The summed E-state index contributed by atoms with van der Waals surface area (Å²) in [6.45, 7) is 0. The fourth-order valence-corrected chi connectivity index (χ4v) is 1.86. The van der Waals surface area contributed by atoms with E-state index in [-0.39, 0.29) is 5.78 Å². The van der Waals surface area contributed by atoms with E-state index in [0.29, 0.717) is 12.1 Å². The summed E-state index contributed by atoms with van der Waals surface area (Å²) in [5, 5.41) is 0. The molecular formula is C10H11NO2. The van der Waals surface area contributed by atoms with Crippen molar-refractivity contribution < 1.29 is 9.59 Å². The van der Waals surface area contributed by atoms with Crippen molar-refractivity contribution in [3.63, 3.8) is 0 Å². The molecule has 68 valence electrons. The van der Waals surface area contributed by atoms with Crippen molar-refractivity contribution in [2.45, 2.75) is 12.8 Å². The van der Waals surface area contributed by atoms with Gasteiger partial charge in [-0.1, -0.05) is 0 Å². The van der Waals surface area contributed by atoms with Crippen LogP contribution in [0.5, 0.6) is 0 Å². The molecule has 0 saturated carbocycles. The maximum absolute atomic E-state index is 11.7. The topological polar surface area (TPSA) is 39.1 Å². The summed E-state index contributed by atoms with van der Waals surface area (Å²) < 4.78 is 1.80. The zero-order valence-corrected chi connectivity index (χ0v) is 7.49. The Hall–Kier alpha value is -1.38. The minimum atomic E-state index is -0.416. The second kappa shape index (κ2) is 2.83. The van der Waals surface area contributed by atoms with Gasteiger partial charge in [0.25, 0.3) is 0 Å². The monoisotopic (exact) mass is 177 g/mol. The van der Waals surface area contributed by atoms with E-state index in [2.05, 4.69) is 0 Å². The van der Waals surface area contributed by atoms with Crippen LogP contribution >= 0.6 is 0 Å². The first-order chi connectivity index (χ1) is 6.24. The Bertz CT molecular complexity index is 365. The third kappa shape index (κ3) is 1.11. The number of aryl methyl sites for hydroxylation is 2. The normalized spacial score (nSPS) is 21.3. The molecule has 0 N–H and O–H groups in total. The highest BCUT2D eigenvalue weighted by atomic mass is 16.1. The third-order valence-electron chi connectivity index (χ3n) is 2.62. The molecule has 0 aromatic carbocycles. The van der Waals surface area contributed by atoms with Gasteiger partial charge in [-0.05, 0) is 24.5 Å². The SMILES string of the molecule is Cn1ccc2c1C(=O)[C@@H](C=O)CC2. The van der Waals surface area contributed by atoms with Crippen LogP contribution in [0.2, 0.25) is 0 Å². The van der Waals surface area contributed by atoms with E-state index in [1.54, 1.807) is 4.57 Å². The quantitative estimate of drug-likeness (QED) is 0.473. The van der Waals surface area contributed by atoms with Gasteiger partial charge in [0.1, 0.15) is 6.29 Å². The minimum Gasteiger partial charge on any atom is -0.348 e. The summed E-state index contributed by atoms with van der Waals surface area (Å²) in [5.41, 5.74) is 1.79. The van der Waals surface area contributed by atoms with Crippen LogP contribution in [0, 0.1) is 5.92 Å². The highest BCUT2D eigenvalue weighted by Crippen LogP contribution is 2.24. The lowest BCUT2D eigenvalue weighted by molar-refractivity contribution is -0.110. The van der Waals surface area contributed by atoms with Crippen molar-refractivity contribution in [1.29, 1.82) is 0 Å². The van der Waals surface area contributed by atoms with Gasteiger partial charge < -0.3 is 9.36 Å². The predicted octanol–water partition coefficient (Wildman–Crippen LogP) is 0.969. The first-order valence-electron chi connectivity index (χ1n) is 4.37. The molecule has 1 heterocycles. The van der Waals surface area contributed by atoms with E-state index in [1.807, 2.05) is 19.3 Å². The Morgan fingerprint density at radius 2 is 2.38 bits per heavy atom. The van der Waals surface area contributed by atoms with Crippen molar-refractivity contribution in [3.8, 4) is 0 Å². The van der Waals surface area contributed by atoms with Gasteiger partial charge in [0.2, 0.25) is 0 Å². The molecule has 0 saturated heterocycles. The summed E-state index contributed by atoms with van der Waals surface area (Å²) in [7, 11) is 1.84. The molecule has 2 rings (SSSR count). The molecule has 0 unspecified atom stereocenters. The van der Waals surface area contributed by atoms with Gasteiger partial charge in [-0.15, -0.1) is 0 Å². The number of nitrogens with zero attached hydrogens (tertiary/aromatic N) is 1. The van der Waals surface area contributed by atoms with Crippen molar-refractivity contribution in [2.24, 2.45) is 13.0 Å². The third-order valence-corrected chi connectivity index (χ3v) is 2.62. The summed E-state index contributed by atoms with van der Waals surface area (Å²) in [4.78, 5) is 22.3. The molecule has 0 amide bonds. The van der Waals surface area contributed by atoms with E-state index in [1.165, 1.54) is 0 Å². The van der Waals surface area contributed by atoms with E-state index >= 15 is 0 Å². The van der Waals surface area contributed by atoms with Crippen LogP contribution in [0.3, 0.4) is 0 Å². The Labute approximate surface area is 76.4 Å². The molecule has 0 radical (unpaired) electrons. The van der Waals surface area contributed by atoms with Gasteiger partial charge in [-0.2, -0.15) is 0 Å².